The molecule has 0 aliphatic carbocycles. The summed E-state index contributed by atoms with van der Waals surface area (Å²) in [7, 11) is -3.37. The summed E-state index contributed by atoms with van der Waals surface area (Å²) in [5.74, 6) is 0. The van der Waals surface area contributed by atoms with Crippen molar-refractivity contribution in [3.63, 3.8) is 0 Å². The van der Waals surface area contributed by atoms with E-state index in [1.165, 1.54) is 0 Å². The van der Waals surface area contributed by atoms with Gasteiger partial charge in [0.15, 0.2) is 0 Å². The predicted octanol–water partition coefficient (Wildman–Crippen LogP) is 0.833. The summed E-state index contributed by atoms with van der Waals surface area (Å²) >= 11 is 0. The molecule has 0 aromatic carbocycles. The van der Waals surface area contributed by atoms with E-state index in [1.807, 2.05) is 18.2 Å². The van der Waals surface area contributed by atoms with Crippen molar-refractivity contribution in [1.82, 2.24) is 19.9 Å². The van der Waals surface area contributed by atoms with Crippen molar-refractivity contribution in [2.45, 2.75) is 24.7 Å². The summed E-state index contributed by atoms with van der Waals surface area (Å²) in [6.45, 7) is 2.25. The zero-order valence-electron chi connectivity index (χ0n) is 11.7. The highest BCUT2D eigenvalue weighted by Crippen LogP contribution is 2.19. The highest BCUT2D eigenvalue weighted by molar-refractivity contribution is 7.90. The monoisotopic (exact) mass is 304 g/mol. The van der Waals surface area contributed by atoms with E-state index in [0.717, 1.165) is 42.7 Å². The lowest BCUT2D eigenvalue weighted by molar-refractivity contribution is 0.237. The van der Waals surface area contributed by atoms with Crippen LogP contribution < -0.4 is 0 Å². The fourth-order valence-corrected chi connectivity index (χ4v) is 2.89. The molecule has 0 unspecified atom stereocenters. The maximum Gasteiger partial charge on any atom is 0.247 e. The lowest BCUT2D eigenvalue weighted by Crippen LogP contribution is -2.31. The van der Waals surface area contributed by atoms with Crippen molar-refractivity contribution in [3.05, 3.63) is 47.5 Å². The molecule has 21 heavy (non-hydrogen) atoms. The quantitative estimate of drug-likeness (QED) is 0.782. The van der Waals surface area contributed by atoms with Crippen LogP contribution in [0.15, 0.2) is 35.7 Å². The van der Waals surface area contributed by atoms with E-state index in [-0.39, 0.29) is 5.16 Å². The van der Waals surface area contributed by atoms with E-state index in [9.17, 15) is 8.42 Å². The summed E-state index contributed by atoms with van der Waals surface area (Å²) in [6.07, 6.45) is 5.36. The summed E-state index contributed by atoms with van der Waals surface area (Å²) in [5, 5.41) is -0.0964. The molecule has 110 valence electrons. The van der Waals surface area contributed by atoms with Gasteiger partial charge in [0.05, 0.1) is 11.4 Å². The Morgan fingerprint density at radius 3 is 2.86 bits per heavy atom. The van der Waals surface area contributed by atoms with Crippen LogP contribution in [0, 0.1) is 0 Å². The Morgan fingerprint density at radius 2 is 2.14 bits per heavy atom. The summed E-state index contributed by atoms with van der Waals surface area (Å²) in [6, 6.07) is 5.84. The normalized spacial score (nSPS) is 15.7. The minimum absolute atomic E-state index is 0.0964. The lowest BCUT2D eigenvalue weighted by atomic mass is 10.1. The number of aromatic nitrogens is 3. The molecule has 0 amide bonds. The zero-order valence-corrected chi connectivity index (χ0v) is 12.5. The summed E-state index contributed by atoms with van der Waals surface area (Å²) in [4.78, 5) is 14.7. The van der Waals surface area contributed by atoms with Gasteiger partial charge in [-0.1, -0.05) is 6.07 Å². The Morgan fingerprint density at radius 1 is 1.29 bits per heavy atom. The van der Waals surface area contributed by atoms with Crippen LogP contribution in [0.3, 0.4) is 0 Å². The average Bonchev–Trinajstić information content (AvgIpc) is 2.46. The van der Waals surface area contributed by atoms with Crippen molar-refractivity contribution in [2.75, 3.05) is 12.8 Å². The molecule has 0 N–H and O–H groups in total. The minimum Gasteiger partial charge on any atom is -0.291 e. The van der Waals surface area contributed by atoms with E-state index >= 15 is 0 Å². The van der Waals surface area contributed by atoms with Crippen LogP contribution >= 0.6 is 0 Å². The Kier molecular flexibility index (Phi) is 3.69. The maximum absolute atomic E-state index is 11.5. The van der Waals surface area contributed by atoms with Crippen molar-refractivity contribution < 1.29 is 8.42 Å². The van der Waals surface area contributed by atoms with Gasteiger partial charge in [-0.2, -0.15) is 0 Å². The third kappa shape index (κ3) is 3.25. The molecule has 3 heterocycles. The van der Waals surface area contributed by atoms with Gasteiger partial charge in [0.1, 0.15) is 0 Å². The smallest absolute Gasteiger partial charge is 0.247 e. The molecule has 2 aromatic rings. The topological polar surface area (TPSA) is 76.1 Å². The number of nitrogens with zero attached hydrogens (tertiary/aromatic N) is 4. The first-order valence-corrected chi connectivity index (χ1v) is 8.58. The lowest BCUT2D eigenvalue weighted by Gasteiger charge is -2.27. The predicted molar refractivity (Wildman–Crippen MR) is 77.2 cm³/mol. The molecular weight excluding hydrogens is 288 g/mol. The fraction of sp³-hybridized carbons (Fsp3) is 0.357. The first-order chi connectivity index (χ1) is 10.0. The number of fused-ring (bicyclic) bond motifs is 1. The van der Waals surface area contributed by atoms with Gasteiger partial charge in [0, 0.05) is 38.3 Å². The summed E-state index contributed by atoms with van der Waals surface area (Å²) < 4.78 is 23.1. The third-order valence-electron chi connectivity index (χ3n) is 3.45. The minimum atomic E-state index is -3.37. The molecule has 2 aromatic heterocycles. The second-order valence-corrected chi connectivity index (χ2v) is 7.09. The Labute approximate surface area is 123 Å². The molecule has 0 bridgehead atoms. The SMILES string of the molecule is CS(=O)(=O)c1ncc2c(n1)CN(Cc1ccccn1)CC2. The van der Waals surface area contributed by atoms with Crippen LogP contribution in [-0.2, 0) is 29.3 Å². The van der Waals surface area contributed by atoms with Crippen LogP contribution in [0.5, 0.6) is 0 Å². The van der Waals surface area contributed by atoms with Gasteiger partial charge in [-0.15, -0.1) is 0 Å². The molecule has 0 radical (unpaired) electrons. The van der Waals surface area contributed by atoms with Crippen molar-refractivity contribution >= 4 is 9.84 Å². The van der Waals surface area contributed by atoms with Gasteiger partial charge in [-0.25, -0.2) is 18.4 Å². The molecule has 3 rings (SSSR count). The second-order valence-electron chi connectivity index (χ2n) is 5.18. The largest absolute Gasteiger partial charge is 0.291 e. The average molecular weight is 304 g/mol. The zero-order chi connectivity index (χ0) is 14.9. The van der Waals surface area contributed by atoms with Gasteiger partial charge >= 0.3 is 0 Å². The molecule has 0 saturated carbocycles. The van der Waals surface area contributed by atoms with Crippen LogP contribution in [0.1, 0.15) is 17.0 Å². The molecule has 0 fully saturated rings. The van der Waals surface area contributed by atoms with Gasteiger partial charge in [-0.3, -0.25) is 9.88 Å². The number of hydrogen-bond donors (Lipinski definition) is 0. The van der Waals surface area contributed by atoms with Crippen LogP contribution in [0.25, 0.3) is 0 Å². The fourth-order valence-electron chi connectivity index (χ4n) is 2.37. The van der Waals surface area contributed by atoms with Crippen LogP contribution in [0.4, 0.5) is 0 Å². The van der Waals surface area contributed by atoms with E-state index in [0.29, 0.717) is 6.54 Å². The second kappa shape index (κ2) is 5.50. The Hall–Kier alpha value is -1.86. The van der Waals surface area contributed by atoms with Gasteiger partial charge in [-0.05, 0) is 24.1 Å². The molecule has 7 heteroatoms. The highest BCUT2D eigenvalue weighted by atomic mass is 32.2. The first kappa shape index (κ1) is 14.1. The van der Waals surface area contributed by atoms with Gasteiger partial charge in [0.2, 0.25) is 15.0 Å². The number of hydrogen-bond acceptors (Lipinski definition) is 6. The molecule has 0 atom stereocenters. The van der Waals surface area contributed by atoms with Crippen molar-refractivity contribution in [3.8, 4) is 0 Å². The summed E-state index contributed by atoms with van der Waals surface area (Å²) in [5.41, 5.74) is 2.82. The molecule has 0 saturated heterocycles. The van der Waals surface area contributed by atoms with E-state index in [4.69, 9.17) is 0 Å². The first-order valence-electron chi connectivity index (χ1n) is 6.69. The van der Waals surface area contributed by atoms with Crippen molar-refractivity contribution in [2.24, 2.45) is 0 Å². The Bertz CT molecular complexity index is 747. The molecule has 0 spiro atoms. The van der Waals surface area contributed by atoms with Crippen LogP contribution in [-0.4, -0.2) is 41.1 Å². The standard InChI is InChI=1S/C14H16N4O2S/c1-21(19,20)14-16-8-11-5-7-18(10-13(11)17-14)9-12-4-2-3-6-15-12/h2-4,6,8H,5,7,9-10H2,1H3. The number of rotatable bonds is 3. The van der Waals surface area contributed by atoms with Crippen molar-refractivity contribution in [1.29, 1.82) is 0 Å². The molecule has 1 aliphatic heterocycles. The number of pyridine rings is 1. The molecular formula is C14H16N4O2S. The maximum atomic E-state index is 11.5. The molecule has 1 aliphatic rings. The number of sulfone groups is 1. The molecule has 6 nitrogen and oxygen atoms in total. The Balaban J connectivity index is 1.81. The van der Waals surface area contributed by atoms with Crippen LogP contribution in [0.2, 0.25) is 0 Å². The van der Waals surface area contributed by atoms with Gasteiger partial charge in [0.25, 0.3) is 0 Å². The van der Waals surface area contributed by atoms with E-state index < -0.39 is 9.84 Å². The third-order valence-corrected chi connectivity index (χ3v) is 4.31. The van der Waals surface area contributed by atoms with E-state index in [2.05, 4.69) is 19.9 Å². The van der Waals surface area contributed by atoms with Gasteiger partial charge < -0.3 is 0 Å². The van der Waals surface area contributed by atoms with E-state index in [1.54, 1.807) is 12.4 Å². The highest BCUT2D eigenvalue weighted by Gasteiger charge is 2.21.